The maximum absolute atomic E-state index is 12.5. The Morgan fingerprint density at radius 2 is 1.89 bits per heavy atom. The summed E-state index contributed by atoms with van der Waals surface area (Å²) in [7, 11) is 0. The minimum absolute atomic E-state index is 0.378. The summed E-state index contributed by atoms with van der Waals surface area (Å²) in [6.07, 6.45) is -4.33. The average Bonchev–Trinajstić information content (AvgIpc) is 2.26. The monoisotopic (exact) mass is 339 g/mol. The fourth-order valence-electron chi connectivity index (χ4n) is 1.58. The highest BCUT2D eigenvalue weighted by atomic mass is 79.9. The lowest BCUT2D eigenvalue weighted by atomic mass is 10.1. The lowest BCUT2D eigenvalue weighted by molar-refractivity contribution is -0.137. The summed E-state index contributed by atoms with van der Waals surface area (Å²) in [4.78, 5) is 0. The summed E-state index contributed by atoms with van der Waals surface area (Å²) in [5, 5.41) is 3.08. The first-order valence-electron chi connectivity index (χ1n) is 5.90. The van der Waals surface area contributed by atoms with E-state index in [9.17, 15) is 13.2 Å². The molecule has 0 aliphatic rings. The molecule has 0 saturated heterocycles. The van der Waals surface area contributed by atoms with Gasteiger partial charge in [0, 0.05) is 23.3 Å². The van der Waals surface area contributed by atoms with Crippen LogP contribution >= 0.6 is 15.9 Å². The zero-order chi connectivity index (χ0) is 14.7. The smallest absolute Gasteiger partial charge is 0.381 e. The van der Waals surface area contributed by atoms with Gasteiger partial charge in [0.15, 0.2) is 0 Å². The van der Waals surface area contributed by atoms with Gasteiger partial charge in [-0.15, -0.1) is 0 Å². The largest absolute Gasteiger partial charge is 0.416 e. The third-order valence-corrected chi connectivity index (χ3v) is 3.19. The fraction of sp³-hybridized carbons (Fsp3) is 0.538. The van der Waals surface area contributed by atoms with E-state index in [2.05, 4.69) is 21.2 Å². The van der Waals surface area contributed by atoms with Crippen molar-refractivity contribution >= 4 is 21.6 Å². The topological polar surface area (TPSA) is 21.3 Å². The third kappa shape index (κ3) is 5.03. The van der Waals surface area contributed by atoms with Crippen LogP contribution in [0.3, 0.4) is 0 Å². The van der Waals surface area contributed by atoms with Crippen LogP contribution in [0, 0.1) is 0 Å². The lowest BCUT2D eigenvalue weighted by Crippen LogP contribution is -2.33. The predicted octanol–water partition coefficient (Wildman–Crippen LogP) is 4.69. The maximum atomic E-state index is 12.5. The second kappa shape index (κ2) is 6.13. The minimum Gasteiger partial charge on any atom is -0.381 e. The fourth-order valence-corrected chi connectivity index (χ4v) is 2.10. The van der Waals surface area contributed by atoms with Gasteiger partial charge < -0.3 is 10.1 Å². The van der Waals surface area contributed by atoms with Gasteiger partial charge in [0.2, 0.25) is 0 Å². The second-order valence-corrected chi connectivity index (χ2v) is 5.59. The van der Waals surface area contributed by atoms with Crippen LogP contribution in [0.2, 0.25) is 0 Å². The molecular formula is C13H17BrF3NO. The van der Waals surface area contributed by atoms with Crippen LogP contribution in [0.5, 0.6) is 0 Å². The van der Waals surface area contributed by atoms with Gasteiger partial charge in [-0.2, -0.15) is 13.2 Å². The highest BCUT2D eigenvalue weighted by Gasteiger charge is 2.30. The van der Waals surface area contributed by atoms with Gasteiger partial charge in [0.05, 0.1) is 11.2 Å². The first kappa shape index (κ1) is 16.3. The normalized spacial score (nSPS) is 12.6. The highest BCUT2D eigenvalue weighted by Crippen LogP contribution is 2.34. The number of rotatable bonds is 5. The molecule has 0 fully saturated rings. The van der Waals surface area contributed by atoms with Crippen LogP contribution in [0.25, 0.3) is 0 Å². The summed E-state index contributed by atoms with van der Waals surface area (Å²) in [6, 6.07) is 3.53. The molecule has 0 aliphatic heterocycles. The van der Waals surface area contributed by atoms with E-state index in [0.29, 0.717) is 23.3 Å². The second-order valence-electron chi connectivity index (χ2n) is 4.74. The zero-order valence-electron chi connectivity index (χ0n) is 11.1. The van der Waals surface area contributed by atoms with Crippen LogP contribution in [-0.4, -0.2) is 18.8 Å². The number of alkyl halides is 3. The summed E-state index contributed by atoms with van der Waals surface area (Å²) in [5.74, 6) is 0. The molecule has 0 amide bonds. The van der Waals surface area contributed by atoms with E-state index >= 15 is 0 Å². The van der Waals surface area contributed by atoms with E-state index in [-0.39, 0.29) is 5.60 Å². The number of nitrogens with one attached hydrogen (secondary N) is 1. The molecule has 1 aromatic carbocycles. The van der Waals surface area contributed by atoms with Crippen molar-refractivity contribution < 1.29 is 17.9 Å². The number of benzene rings is 1. The number of ether oxygens (including phenoxy) is 1. The Morgan fingerprint density at radius 1 is 1.26 bits per heavy atom. The molecule has 1 N–H and O–H groups in total. The predicted molar refractivity (Wildman–Crippen MR) is 73.3 cm³/mol. The molecule has 0 aromatic heterocycles. The molecule has 0 bridgehead atoms. The molecule has 0 heterocycles. The molecule has 2 nitrogen and oxygen atoms in total. The average molecular weight is 340 g/mol. The van der Waals surface area contributed by atoms with E-state index in [1.165, 1.54) is 6.07 Å². The third-order valence-electron chi connectivity index (χ3n) is 2.54. The molecule has 1 aromatic rings. The van der Waals surface area contributed by atoms with Gasteiger partial charge in [-0.1, -0.05) is 0 Å². The van der Waals surface area contributed by atoms with E-state index < -0.39 is 11.7 Å². The molecule has 0 unspecified atom stereocenters. The Bertz CT molecular complexity index is 432. The molecule has 108 valence electrons. The number of hydrogen-bond acceptors (Lipinski definition) is 2. The molecule has 6 heteroatoms. The van der Waals surface area contributed by atoms with Crippen molar-refractivity contribution in [1.29, 1.82) is 0 Å². The standard InChI is InChI=1S/C13H17BrF3NO/c1-4-19-12(2,3)8-18-11-6-5-9(7-10(11)14)13(15,16)17/h5-7,18H,4,8H2,1-3H3. The van der Waals surface area contributed by atoms with Gasteiger partial charge in [-0.05, 0) is 54.9 Å². The van der Waals surface area contributed by atoms with Crippen LogP contribution in [-0.2, 0) is 10.9 Å². The van der Waals surface area contributed by atoms with Crippen LogP contribution in [0.15, 0.2) is 22.7 Å². The number of anilines is 1. The quantitative estimate of drug-likeness (QED) is 0.839. The van der Waals surface area contributed by atoms with E-state index in [0.717, 1.165) is 12.1 Å². The Hall–Kier alpha value is -0.750. The molecule has 0 saturated carbocycles. The first-order valence-corrected chi connectivity index (χ1v) is 6.69. The molecule has 0 aliphatic carbocycles. The first-order chi connectivity index (χ1) is 8.65. The summed E-state index contributed by atoms with van der Waals surface area (Å²) >= 11 is 3.14. The van der Waals surface area contributed by atoms with Crippen LogP contribution in [0.1, 0.15) is 26.3 Å². The summed E-state index contributed by atoms with van der Waals surface area (Å²) < 4.78 is 43.4. The van der Waals surface area contributed by atoms with E-state index in [1.807, 2.05) is 20.8 Å². The van der Waals surface area contributed by atoms with Crippen molar-refractivity contribution in [3.05, 3.63) is 28.2 Å². The molecule has 19 heavy (non-hydrogen) atoms. The Labute approximate surface area is 119 Å². The van der Waals surface area contributed by atoms with E-state index in [1.54, 1.807) is 0 Å². The van der Waals surface area contributed by atoms with Crippen molar-refractivity contribution in [1.82, 2.24) is 0 Å². The van der Waals surface area contributed by atoms with Crippen molar-refractivity contribution in [3.63, 3.8) is 0 Å². The van der Waals surface area contributed by atoms with E-state index in [4.69, 9.17) is 4.74 Å². The molecule has 0 atom stereocenters. The highest BCUT2D eigenvalue weighted by molar-refractivity contribution is 9.10. The Morgan fingerprint density at radius 3 is 2.37 bits per heavy atom. The Balaban J connectivity index is 2.76. The molecule has 1 rings (SSSR count). The summed E-state index contributed by atoms with van der Waals surface area (Å²) in [6.45, 7) is 6.83. The van der Waals surface area contributed by atoms with Crippen LogP contribution < -0.4 is 5.32 Å². The lowest BCUT2D eigenvalue weighted by Gasteiger charge is -2.26. The van der Waals surface area contributed by atoms with Gasteiger partial charge in [0.1, 0.15) is 0 Å². The summed E-state index contributed by atoms with van der Waals surface area (Å²) in [5.41, 5.74) is -0.438. The molecule has 0 spiro atoms. The Kier molecular flexibility index (Phi) is 5.26. The molecule has 0 radical (unpaired) electrons. The van der Waals surface area contributed by atoms with Crippen molar-refractivity contribution in [2.24, 2.45) is 0 Å². The van der Waals surface area contributed by atoms with Crippen LogP contribution in [0.4, 0.5) is 18.9 Å². The zero-order valence-corrected chi connectivity index (χ0v) is 12.7. The van der Waals surface area contributed by atoms with Gasteiger partial charge >= 0.3 is 6.18 Å². The minimum atomic E-state index is -4.33. The van der Waals surface area contributed by atoms with Gasteiger partial charge in [-0.3, -0.25) is 0 Å². The number of halogens is 4. The van der Waals surface area contributed by atoms with Gasteiger partial charge in [-0.25, -0.2) is 0 Å². The molecular weight excluding hydrogens is 323 g/mol. The van der Waals surface area contributed by atoms with Crippen molar-refractivity contribution in [2.75, 3.05) is 18.5 Å². The van der Waals surface area contributed by atoms with Crippen molar-refractivity contribution in [2.45, 2.75) is 32.5 Å². The number of hydrogen-bond donors (Lipinski definition) is 1. The SMILES string of the molecule is CCOC(C)(C)CNc1ccc(C(F)(F)F)cc1Br. The van der Waals surface area contributed by atoms with Crippen molar-refractivity contribution in [3.8, 4) is 0 Å². The maximum Gasteiger partial charge on any atom is 0.416 e. The van der Waals surface area contributed by atoms with Gasteiger partial charge in [0.25, 0.3) is 0 Å².